The van der Waals surface area contributed by atoms with E-state index < -0.39 is 11.6 Å². The van der Waals surface area contributed by atoms with E-state index in [2.05, 4.69) is 10.3 Å². The minimum absolute atomic E-state index is 0.0154. The van der Waals surface area contributed by atoms with Gasteiger partial charge in [0.05, 0.1) is 12.3 Å². The van der Waals surface area contributed by atoms with Crippen LogP contribution in [0.15, 0.2) is 36.5 Å². The highest BCUT2D eigenvalue weighted by Gasteiger charge is 2.07. The molecule has 2 rings (SSSR count). The van der Waals surface area contributed by atoms with Gasteiger partial charge in [-0.25, -0.2) is 13.8 Å². The highest BCUT2D eigenvalue weighted by molar-refractivity contribution is 5.59. The summed E-state index contributed by atoms with van der Waals surface area (Å²) < 4.78 is 26.3. The van der Waals surface area contributed by atoms with Gasteiger partial charge in [-0.1, -0.05) is 6.07 Å². The van der Waals surface area contributed by atoms with Gasteiger partial charge < -0.3 is 10.4 Å². The molecule has 0 bridgehead atoms. The highest BCUT2D eigenvalue weighted by atomic mass is 19.1. The van der Waals surface area contributed by atoms with Crippen LogP contribution in [0.3, 0.4) is 0 Å². The minimum Gasteiger partial charge on any atom is -0.392 e. The first-order valence-electron chi connectivity index (χ1n) is 4.97. The first-order valence-corrected chi connectivity index (χ1v) is 4.97. The van der Waals surface area contributed by atoms with Gasteiger partial charge in [0.15, 0.2) is 0 Å². The summed E-state index contributed by atoms with van der Waals surface area (Å²) in [5.41, 5.74) is 0.495. The van der Waals surface area contributed by atoms with Crippen molar-refractivity contribution in [3.8, 4) is 0 Å². The minimum atomic E-state index is -0.582. The number of nitrogens with zero attached hydrogens (tertiary/aromatic N) is 1. The number of halogens is 2. The van der Waals surface area contributed by atoms with Crippen LogP contribution in [-0.2, 0) is 6.61 Å². The second kappa shape index (κ2) is 4.88. The molecule has 17 heavy (non-hydrogen) atoms. The molecular weight excluding hydrogens is 226 g/mol. The molecule has 5 heteroatoms. The maximum Gasteiger partial charge on any atom is 0.146 e. The Bertz CT molecular complexity index is 532. The maximum absolute atomic E-state index is 13.4. The number of hydrogen-bond donors (Lipinski definition) is 2. The molecule has 1 heterocycles. The Morgan fingerprint density at radius 3 is 2.82 bits per heavy atom. The molecule has 1 aromatic carbocycles. The molecule has 0 atom stereocenters. The summed E-state index contributed by atoms with van der Waals surface area (Å²) in [5, 5.41) is 11.7. The van der Waals surface area contributed by atoms with Crippen LogP contribution in [0, 0.1) is 11.6 Å². The quantitative estimate of drug-likeness (QED) is 0.861. The Hall–Kier alpha value is -2.01. The highest BCUT2D eigenvalue weighted by Crippen LogP contribution is 2.21. The van der Waals surface area contributed by atoms with Crippen molar-refractivity contribution in [3.63, 3.8) is 0 Å². The van der Waals surface area contributed by atoms with Gasteiger partial charge in [-0.15, -0.1) is 0 Å². The van der Waals surface area contributed by atoms with Gasteiger partial charge >= 0.3 is 0 Å². The lowest BCUT2D eigenvalue weighted by Crippen LogP contribution is -2.00. The molecule has 88 valence electrons. The second-order valence-corrected chi connectivity index (χ2v) is 3.42. The summed E-state index contributed by atoms with van der Waals surface area (Å²) >= 11 is 0. The number of pyridine rings is 1. The fourth-order valence-electron chi connectivity index (χ4n) is 1.40. The van der Waals surface area contributed by atoms with Crippen molar-refractivity contribution in [1.29, 1.82) is 0 Å². The van der Waals surface area contributed by atoms with Crippen LogP contribution in [0.1, 0.15) is 5.56 Å². The van der Waals surface area contributed by atoms with Crippen LogP contribution in [0.4, 0.5) is 20.3 Å². The largest absolute Gasteiger partial charge is 0.392 e. The van der Waals surface area contributed by atoms with Crippen LogP contribution >= 0.6 is 0 Å². The lowest BCUT2D eigenvalue weighted by atomic mass is 10.2. The predicted octanol–water partition coefficient (Wildman–Crippen LogP) is 2.60. The smallest absolute Gasteiger partial charge is 0.146 e. The van der Waals surface area contributed by atoms with E-state index in [9.17, 15) is 8.78 Å². The summed E-state index contributed by atoms with van der Waals surface area (Å²) in [4.78, 5) is 3.96. The molecule has 2 aromatic rings. The van der Waals surface area contributed by atoms with Crippen molar-refractivity contribution in [2.24, 2.45) is 0 Å². The molecule has 0 saturated carbocycles. The van der Waals surface area contributed by atoms with Crippen molar-refractivity contribution in [3.05, 3.63) is 53.7 Å². The molecular formula is C12H10F2N2O. The van der Waals surface area contributed by atoms with E-state index in [1.807, 2.05) is 0 Å². The number of benzene rings is 1. The van der Waals surface area contributed by atoms with E-state index >= 15 is 0 Å². The first kappa shape index (κ1) is 11.5. The average Bonchev–Trinajstić information content (AvgIpc) is 2.34. The first-order chi connectivity index (χ1) is 8.20. The Morgan fingerprint density at radius 1 is 1.24 bits per heavy atom. The Kier molecular flexibility index (Phi) is 3.30. The molecule has 1 aromatic heterocycles. The summed E-state index contributed by atoms with van der Waals surface area (Å²) in [6.45, 7) is -0.229. The lowest BCUT2D eigenvalue weighted by Gasteiger charge is -2.09. The van der Waals surface area contributed by atoms with Gasteiger partial charge in [0, 0.05) is 17.8 Å². The Labute approximate surface area is 96.7 Å². The number of hydrogen-bond acceptors (Lipinski definition) is 3. The predicted molar refractivity (Wildman–Crippen MR) is 59.8 cm³/mol. The average molecular weight is 236 g/mol. The zero-order valence-corrected chi connectivity index (χ0v) is 8.82. The Morgan fingerprint density at radius 2 is 2.06 bits per heavy atom. The van der Waals surface area contributed by atoms with Gasteiger partial charge in [-0.2, -0.15) is 0 Å². The molecule has 2 N–H and O–H groups in total. The number of anilines is 2. The topological polar surface area (TPSA) is 45.2 Å². The zero-order chi connectivity index (χ0) is 12.3. The molecule has 0 aliphatic carbocycles. The third-order valence-corrected chi connectivity index (χ3v) is 2.24. The van der Waals surface area contributed by atoms with Gasteiger partial charge in [-0.3, -0.25) is 0 Å². The zero-order valence-electron chi connectivity index (χ0n) is 8.82. The maximum atomic E-state index is 13.4. The summed E-state index contributed by atoms with van der Waals surface area (Å²) in [5.74, 6) is -0.823. The molecule has 0 fully saturated rings. The molecule has 0 aliphatic heterocycles. The number of nitrogens with one attached hydrogen (secondary N) is 1. The van der Waals surface area contributed by atoms with Crippen molar-refractivity contribution in [2.45, 2.75) is 6.61 Å². The van der Waals surface area contributed by atoms with Crippen LogP contribution < -0.4 is 5.32 Å². The molecule has 0 saturated heterocycles. The van der Waals surface area contributed by atoms with Crippen LogP contribution in [0.25, 0.3) is 0 Å². The van der Waals surface area contributed by atoms with E-state index in [1.165, 1.54) is 6.20 Å². The third-order valence-electron chi connectivity index (χ3n) is 2.24. The van der Waals surface area contributed by atoms with Crippen molar-refractivity contribution < 1.29 is 13.9 Å². The van der Waals surface area contributed by atoms with E-state index in [-0.39, 0.29) is 12.3 Å². The van der Waals surface area contributed by atoms with Gasteiger partial charge in [0.2, 0.25) is 0 Å². The number of aliphatic hydroxyl groups is 1. The van der Waals surface area contributed by atoms with Crippen molar-refractivity contribution in [1.82, 2.24) is 4.98 Å². The molecule has 0 amide bonds. The van der Waals surface area contributed by atoms with Gasteiger partial charge in [0.25, 0.3) is 0 Å². The molecule has 0 unspecified atom stereocenters. The van der Waals surface area contributed by atoms with E-state index in [4.69, 9.17) is 5.11 Å². The fraction of sp³-hybridized carbons (Fsp3) is 0.0833. The molecule has 3 nitrogen and oxygen atoms in total. The lowest BCUT2D eigenvalue weighted by molar-refractivity contribution is 0.282. The number of rotatable bonds is 3. The standard InChI is InChI=1S/C12H10F2N2O/c13-9-3-4-10(14)11(6-9)16-12-8(7-17)2-1-5-15-12/h1-6,17H,7H2,(H,15,16). The van der Waals surface area contributed by atoms with Crippen molar-refractivity contribution in [2.75, 3.05) is 5.32 Å². The SMILES string of the molecule is OCc1cccnc1Nc1cc(F)ccc1F. The fourth-order valence-corrected chi connectivity index (χ4v) is 1.40. The van der Waals surface area contributed by atoms with Crippen LogP contribution in [0.2, 0.25) is 0 Å². The summed E-state index contributed by atoms with van der Waals surface area (Å²) in [7, 11) is 0. The summed E-state index contributed by atoms with van der Waals surface area (Å²) in [6, 6.07) is 6.39. The van der Waals surface area contributed by atoms with Gasteiger partial charge in [0.1, 0.15) is 17.5 Å². The van der Waals surface area contributed by atoms with E-state index in [1.54, 1.807) is 12.1 Å². The third kappa shape index (κ3) is 2.57. The summed E-state index contributed by atoms with van der Waals surface area (Å²) in [6.07, 6.45) is 1.50. The monoisotopic (exact) mass is 236 g/mol. The Balaban J connectivity index is 2.34. The molecule has 0 aliphatic rings. The van der Waals surface area contributed by atoms with E-state index in [0.29, 0.717) is 11.4 Å². The molecule has 0 radical (unpaired) electrons. The van der Waals surface area contributed by atoms with Gasteiger partial charge in [-0.05, 0) is 18.2 Å². The van der Waals surface area contributed by atoms with Crippen molar-refractivity contribution >= 4 is 11.5 Å². The molecule has 0 spiro atoms. The van der Waals surface area contributed by atoms with Crippen LogP contribution in [0.5, 0.6) is 0 Å². The number of aromatic nitrogens is 1. The van der Waals surface area contributed by atoms with E-state index in [0.717, 1.165) is 18.2 Å². The normalized spacial score (nSPS) is 10.3. The number of aliphatic hydroxyl groups excluding tert-OH is 1. The second-order valence-electron chi connectivity index (χ2n) is 3.42. The van der Waals surface area contributed by atoms with Crippen LogP contribution in [-0.4, -0.2) is 10.1 Å².